The Hall–Kier alpha value is -2.88. The van der Waals surface area contributed by atoms with Gasteiger partial charge in [-0.3, -0.25) is 9.59 Å². The minimum atomic E-state index is -4.53. The molecule has 214 valence electrons. The lowest BCUT2D eigenvalue weighted by atomic mass is 9.76. The summed E-state index contributed by atoms with van der Waals surface area (Å²) >= 11 is 0. The van der Waals surface area contributed by atoms with Gasteiger partial charge in [0.2, 0.25) is 11.8 Å². The van der Waals surface area contributed by atoms with Crippen molar-refractivity contribution in [2.24, 2.45) is 11.3 Å². The van der Waals surface area contributed by atoms with E-state index >= 15 is 0 Å². The molecule has 1 unspecified atom stereocenters. The number of carboxylic acid groups (broad SMARTS) is 1. The standard InChI is InChI=1S/C28H42F3N3O4/c1-16(2)20(14-17(3)25(37)38)34(10)24(36)22(26(4,5)6)33-23(35)21(32-9)27(7,8)18-12-11-13-19(15-18)28(29,30)31/h11-16,20-22,32H,1-10H3,(H,33,35)(H,37,38)/b17-14+/t20-,21-,22?/m1/s1. The van der Waals surface area contributed by atoms with Crippen molar-refractivity contribution >= 4 is 17.8 Å². The van der Waals surface area contributed by atoms with E-state index in [1.807, 2.05) is 13.8 Å². The molecule has 0 aromatic heterocycles. The summed E-state index contributed by atoms with van der Waals surface area (Å²) in [4.78, 5) is 40.1. The van der Waals surface area contributed by atoms with Crippen molar-refractivity contribution in [3.05, 3.63) is 47.0 Å². The van der Waals surface area contributed by atoms with Crippen LogP contribution in [-0.2, 0) is 26.0 Å². The average Bonchev–Trinajstić information content (AvgIpc) is 2.78. The number of rotatable bonds is 10. The van der Waals surface area contributed by atoms with Crippen LogP contribution in [0.1, 0.15) is 66.5 Å². The van der Waals surface area contributed by atoms with E-state index in [1.165, 1.54) is 37.1 Å². The Labute approximate surface area is 223 Å². The Balaban J connectivity index is 3.39. The SMILES string of the molecule is CN[C@H](C(=O)NC(C(=O)N(C)[C@H](/C=C(\C)C(=O)O)C(C)C)C(C)(C)C)C(C)(C)c1cccc(C(F)(F)F)c1. The number of nitrogens with zero attached hydrogens (tertiary/aromatic N) is 1. The number of halogens is 3. The molecule has 1 rings (SSSR count). The summed E-state index contributed by atoms with van der Waals surface area (Å²) in [5.41, 5.74) is -2.21. The van der Waals surface area contributed by atoms with Crippen molar-refractivity contribution in [1.29, 1.82) is 0 Å². The summed E-state index contributed by atoms with van der Waals surface area (Å²) in [5, 5.41) is 15.1. The lowest BCUT2D eigenvalue weighted by molar-refractivity contribution is -0.141. The number of hydrogen-bond acceptors (Lipinski definition) is 4. The van der Waals surface area contributed by atoms with Crippen molar-refractivity contribution in [1.82, 2.24) is 15.5 Å². The summed E-state index contributed by atoms with van der Waals surface area (Å²) in [5.74, 6) is -2.16. The number of likely N-dealkylation sites (N-methyl/N-ethyl adjacent to an activating group) is 2. The van der Waals surface area contributed by atoms with E-state index in [-0.39, 0.29) is 11.5 Å². The number of carboxylic acids is 1. The van der Waals surface area contributed by atoms with Crippen LogP contribution in [0, 0.1) is 11.3 Å². The van der Waals surface area contributed by atoms with E-state index < -0.39 is 58.5 Å². The average molecular weight is 542 g/mol. The molecule has 3 atom stereocenters. The second-order valence-corrected chi connectivity index (χ2v) is 11.7. The summed E-state index contributed by atoms with van der Waals surface area (Å²) in [6.45, 7) is 13.9. The molecule has 0 aliphatic carbocycles. The van der Waals surface area contributed by atoms with Gasteiger partial charge in [-0.25, -0.2) is 4.79 Å². The maximum Gasteiger partial charge on any atom is 0.416 e. The molecule has 0 fully saturated rings. The molecule has 0 aliphatic heterocycles. The summed E-state index contributed by atoms with van der Waals surface area (Å²) in [6.07, 6.45) is -3.02. The predicted octanol–water partition coefficient (Wildman–Crippen LogP) is 4.62. The summed E-state index contributed by atoms with van der Waals surface area (Å²) in [7, 11) is 3.10. The van der Waals surface area contributed by atoms with Gasteiger partial charge >= 0.3 is 12.1 Å². The van der Waals surface area contributed by atoms with Gasteiger partial charge in [0.1, 0.15) is 6.04 Å². The molecule has 10 heteroatoms. The minimum Gasteiger partial charge on any atom is -0.478 e. The largest absolute Gasteiger partial charge is 0.478 e. The van der Waals surface area contributed by atoms with Crippen molar-refractivity contribution in [2.45, 2.75) is 85.1 Å². The van der Waals surface area contributed by atoms with Gasteiger partial charge in [0, 0.05) is 18.0 Å². The fraction of sp³-hybridized carbons (Fsp3) is 0.607. The maximum atomic E-state index is 13.7. The van der Waals surface area contributed by atoms with E-state index in [0.29, 0.717) is 5.56 Å². The highest BCUT2D eigenvalue weighted by molar-refractivity contribution is 5.91. The van der Waals surface area contributed by atoms with Crippen molar-refractivity contribution < 1.29 is 32.7 Å². The minimum absolute atomic E-state index is 0.0952. The monoisotopic (exact) mass is 541 g/mol. The van der Waals surface area contributed by atoms with Crippen LogP contribution in [0.4, 0.5) is 13.2 Å². The zero-order valence-corrected chi connectivity index (χ0v) is 23.9. The van der Waals surface area contributed by atoms with Crippen molar-refractivity contribution in [2.75, 3.05) is 14.1 Å². The highest BCUT2D eigenvalue weighted by Gasteiger charge is 2.42. The Bertz CT molecular complexity index is 1040. The number of alkyl halides is 3. The molecule has 38 heavy (non-hydrogen) atoms. The number of hydrogen-bond donors (Lipinski definition) is 3. The molecule has 0 spiro atoms. The Morgan fingerprint density at radius 1 is 1.00 bits per heavy atom. The van der Waals surface area contributed by atoms with Crippen LogP contribution in [0.2, 0.25) is 0 Å². The molecule has 1 aromatic rings. The van der Waals surface area contributed by atoms with Crippen LogP contribution in [0.5, 0.6) is 0 Å². The molecule has 3 N–H and O–H groups in total. The van der Waals surface area contributed by atoms with E-state index in [1.54, 1.807) is 41.7 Å². The highest BCUT2D eigenvalue weighted by atomic mass is 19.4. The summed E-state index contributed by atoms with van der Waals surface area (Å²) in [6, 6.07) is 2.35. The molecule has 2 amide bonds. The number of aliphatic carboxylic acids is 1. The predicted molar refractivity (Wildman–Crippen MR) is 141 cm³/mol. The van der Waals surface area contributed by atoms with Gasteiger partial charge in [0.15, 0.2) is 0 Å². The third kappa shape index (κ3) is 8.06. The van der Waals surface area contributed by atoms with Gasteiger partial charge in [0.05, 0.1) is 17.6 Å². The highest BCUT2D eigenvalue weighted by Crippen LogP contribution is 2.34. The number of amides is 2. The Morgan fingerprint density at radius 2 is 1.53 bits per heavy atom. The van der Waals surface area contributed by atoms with Gasteiger partial charge < -0.3 is 20.6 Å². The van der Waals surface area contributed by atoms with Gasteiger partial charge in [-0.15, -0.1) is 0 Å². The second kappa shape index (κ2) is 12.3. The third-order valence-corrected chi connectivity index (χ3v) is 6.84. The van der Waals surface area contributed by atoms with Crippen molar-refractivity contribution in [3.8, 4) is 0 Å². The molecule has 1 aromatic carbocycles. The second-order valence-electron chi connectivity index (χ2n) is 11.7. The topological polar surface area (TPSA) is 98.7 Å². The van der Waals surface area contributed by atoms with Crippen LogP contribution in [0.15, 0.2) is 35.9 Å². The molecule has 7 nitrogen and oxygen atoms in total. The molecule has 0 aliphatic rings. The third-order valence-electron chi connectivity index (χ3n) is 6.84. The first-order valence-corrected chi connectivity index (χ1v) is 12.5. The number of nitrogens with one attached hydrogen (secondary N) is 2. The molecule has 0 saturated heterocycles. The molecular weight excluding hydrogens is 499 g/mol. The zero-order valence-electron chi connectivity index (χ0n) is 23.9. The van der Waals surface area contributed by atoms with Crippen LogP contribution in [0.25, 0.3) is 0 Å². The van der Waals surface area contributed by atoms with E-state index in [2.05, 4.69) is 10.6 Å². The first-order chi connectivity index (χ1) is 17.2. The first-order valence-electron chi connectivity index (χ1n) is 12.5. The molecular formula is C28H42F3N3O4. The van der Waals surface area contributed by atoms with Gasteiger partial charge in [-0.2, -0.15) is 13.2 Å². The van der Waals surface area contributed by atoms with Crippen LogP contribution < -0.4 is 10.6 Å². The number of carbonyl (C=O) groups excluding carboxylic acids is 2. The van der Waals surface area contributed by atoms with Crippen LogP contribution in [0.3, 0.4) is 0 Å². The van der Waals surface area contributed by atoms with Crippen LogP contribution >= 0.6 is 0 Å². The van der Waals surface area contributed by atoms with Gasteiger partial charge in [-0.05, 0) is 36.9 Å². The number of benzene rings is 1. The van der Waals surface area contributed by atoms with E-state index in [0.717, 1.165) is 12.1 Å². The van der Waals surface area contributed by atoms with Crippen LogP contribution in [-0.4, -0.2) is 60.0 Å². The molecule has 0 bridgehead atoms. The Kier molecular flexibility index (Phi) is 10.7. The number of carbonyl (C=O) groups is 3. The quantitative estimate of drug-likeness (QED) is 0.376. The lowest BCUT2D eigenvalue weighted by Crippen LogP contribution is -2.61. The normalized spacial score (nSPS) is 15.6. The fourth-order valence-electron chi connectivity index (χ4n) is 4.39. The lowest BCUT2D eigenvalue weighted by Gasteiger charge is -2.40. The maximum absolute atomic E-state index is 13.7. The van der Waals surface area contributed by atoms with E-state index in [9.17, 15) is 32.7 Å². The Morgan fingerprint density at radius 3 is 1.95 bits per heavy atom. The molecule has 0 saturated carbocycles. The van der Waals surface area contributed by atoms with Crippen molar-refractivity contribution in [3.63, 3.8) is 0 Å². The fourth-order valence-corrected chi connectivity index (χ4v) is 4.39. The molecule has 0 radical (unpaired) electrons. The van der Waals surface area contributed by atoms with E-state index in [4.69, 9.17) is 0 Å². The van der Waals surface area contributed by atoms with Gasteiger partial charge in [-0.1, -0.05) is 72.7 Å². The zero-order chi connectivity index (χ0) is 29.8. The first kappa shape index (κ1) is 33.1. The van der Waals surface area contributed by atoms with Gasteiger partial charge in [0.25, 0.3) is 0 Å². The summed E-state index contributed by atoms with van der Waals surface area (Å²) < 4.78 is 40.0. The smallest absolute Gasteiger partial charge is 0.416 e. The molecule has 0 heterocycles.